The Balaban J connectivity index is 0.859. The first kappa shape index (κ1) is 39.6. The van der Waals surface area contributed by atoms with Crippen molar-refractivity contribution in [3.8, 4) is 11.5 Å². The Morgan fingerprint density at radius 2 is 1.80 bits per heavy atom. The van der Waals surface area contributed by atoms with Crippen LogP contribution in [0.15, 0.2) is 102 Å². The van der Waals surface area contributed by atoms with Crippen LogP contribution < -0.4 is 19.7 Å². The number of ether oxygens (including phenoxy) is 2. The molecule has 14 nitrogen and oxygen atoms in total. The van der Waals surface area contributed by atoms with Gasteiger partial charge in [0, 0.05) is 86.9 Å². The average molecular weight is 864 g/mol. The van der Waals surface area contributed by atoms with Gasteiger partial charge in [0.05, 0.1) is 21.6 Å². The highest BCUT2D eigenvalue weighted by atomic mass is 35.5. The number of nitro benzene ring substituents is 1. The zero-order valence-electron chi connectivity index (χ0n) is 33.3. The first-order chi connectivity index (χ1) is 29.6. The van der Waals surface area contributed by atoms with E-state index in [1.54, 1.807) is 36.0 Å². The van der Waals surface area contributed by atoms with Gasteiger partial charge >= 0.3 is 0 Å². The normalized spacial score (nSPS) is 23.7. The Morgan fingerprint density at radius 3 is 2.59 bits per heavy atom. The second-order valence-electron chi connectivity index (χ2n) is 16.9. The molecule has 316 valence electrons. The van der Waals surface area contributed by atoms with Crippen LogP contribution in [0.5, 0.6) is 11.5 Å². The highest BCUT2D eigenvalue weighted by molar-refractivity contribution is 7.90. The Kier molecular flexibility index (Phi) is 10.5. The molecule has 4 heterocycles. The maximum absolute atomic E-state index is 13.9. The third kappa shape index (κ3) is 7.73. The van der Waals surface area contributed by atoms with Crippen LogP contribution in [0.25, 0.3) is 11.0 Å². The molecule has 5 atom stereocenters. The predicted octanol–water partition coefficient (Wildman–Crippen LogP) is 7.60. The lowest BCUT2D eigenvalue weighted by Gasteiger charge is -2.40. The van der Waals surface area contributed by atoms with Gasteiger partial charge in [0.2, 0.25) is 0 Å². The molecule has 61 heavy (non-hydrogen) atoms. The molecule has 3 N–H and O–H groups in total. The lowest BCUT2D eigenvalue weighted by Crippen LogP contribution is -2.48. The van der Waals surface area contributed by atoms with Crippen LogP contribution in [-0.4, -0.2) is 86.6 Å². The second kappa shape index (κ2) is 16.1. The molecule has 6 aliphatic rings. The SMILES string of the molecule is O=C(NS(=O)(=O)c1ccc(NCC2CCOCC2)c([N+](=O)[O-])c1)c1ccc(N2CCN(C[C@H]3[C@H](c4ccc(Cl)cc4)[C@@H]4C5=C[C@H]3C4C5)CC2)cc1Oc1cnc2[nH]ccc2c1. The number of fused-ring (bicyclic) bond motifs is 1. The summed E-state index contributed by atoms with van der Waals surface area (Å²) in [7, 11) is -4.55. The van der Waals surface area contributed by atoms with Crippen LogP contribution in [0, 0.1) is 39.7 Å². The number of piperazine rings is 1. The lowest BCUT2D eigenvalue weighted by molar-refractivity contribution is -0.384. The minimum atomic E-state index is -4.55. The number of sulfonamides is 1. The van der Waals surface area contributed by atoms with Crippen LogP contribution in [-0.2, 0) is 14.8 Å². The summed E-state index contributed by atoms with van der Waals surface area (Å²) in [6, 6.07) is 20.8. The topological polar surface area (TPSA) is 172 Å². The summed E-state index contributed by atoms with van der Waals surface area (Å²) >= 11 is 6.27. The fourth-order valence-corrected chi connectivity index (χ4v) is 11.5. The van der Waals surface area contributed by atoms with Crippen molar-refractivity contribution in [3.63, 3.8) is 0 Å². The number of halogens is 1. The standard InChI is InChI=1S/C45H46ClN7O7S/c46-31-3-1-28(2-4-31)42-38(36-20-30-21-37(36)43(30)42)26-51-13-15-52(16-14-51)32-5-7-35(41(22-32)60-33-19-29-9-12-47-44(29)49-25-33)45(54)50-61(57,58)34-6-8-39(40(23-34)53(55)56)48-24-27-10-17-59-18-11-27/h1-9,12,19-20,22-23,25,27,36-38,42-43,48H,10-11,13-18,21,24,26H2,(H,47,49)(H,50,54)/t36-,37?,38+,42-,43+/m0/s1. The molecule has 4 fully saturated rings. The van der Waals surface area contributed by atoms with E-state index in [0.717, 1.165) is 73.6 Å². The van der Waals surface area contributed by atoms with Gasteiger partial charge in [-0.05, 0) is 109 Å². The molecule has 3 aromatic carbocycles. The molecule has 2 aliphatic heterocycles. The maximum atomic E-state index is 13.9. The molecule has 16 heteroatoms. The number of benzene rings is 3. The monoisotopic (exact) mass is 863 g/mol. The number of hydrogen-bond donors (Lipinski definition) is 3. The Bertz CT molecular complexity index is 2640. The van der Waals surface area contributed by atoms with Crippen molar-refractivity contribution in [3.05, 3.63) is 123 Å². The quantitative estimate of drug-likeness (QED) is 0.0605. The second-order valence-corrected chi connectivity index (χ2v) is 19.0. The van der Waals surface area contributed by atoms with E-state index < -0.39 is 31.4 Å². The number of carbonyl (C=O) groups is 1. The number of nitro groups is 1. The van der Waals surface area contributed by atoms with Crippen LogP contribution in [0.3, 0.4) is 0 Å². The number of aromatic amines is 1. The van der Waals surface area contributed by atoms with E-state index in [0.29, 0.717) is 54.8 Å². The summed E-state index contributed by atoms with van der Waals surface area (Å²) < 4.78 is 41.2. The number of allylic oxidation sites excluding steroid dienone is 2. The molecule has 2 saturated carbocycles. The van der Waals surface area contributed by atoms with E-state index in [9.17, 15) is 23.3 Å². The molecule has 1 amide bonds. The van der Waals surface area contributed by atoms with E-state index in [1.165, 1.54) is 30.3 Å². The van der Waals surface area contributed by atoms with E-state index in [2.05, 4.69) is 48.0 Å². The number of anilines is 2. The molecule has 11 rings (SSSR count). The van der Waals surface area contributed by atoms with Gasteiger partial charge in [-0.3, -0.25) is 19.8 Å². The number of pyridine rings is 1. The summed E-state index contributed by atoms with van der Waals surface area (Å²) in [6.45, 7) is 6.01. The molecule has 4 bridgehead atoms. The van der Waals surface area contributed by atoms with Gasteiger partial charge in [-0.15, -0.1) is 0 Å². The van der Waals surface area contributed by atoms with Crippen LogP contribution in [0.1, 0.15) is 41.1 Å². The number of amides is 1. The Hall–Kier alpha value is -5.48. The molecular formula is C45H46ClN7O7S. The number of aromatic nitrogens is 2. The van der Waals surface area contributed by atoms with Gasteiger partial charge in [0.25, 0.3) is 21.6 Å². The molecule has 2 aromatic heterocycles. The summed E-state index contributed by atoms with van der Waals surface area (Å²) in [5, 5.41) is 16.7. The van der Waals surface area contributed by atoms with Gasteiger partial charge < -0.3 is 24.7 Å². The highest BCUT2D eigenvalue weighted by Crippen LogP contribution is 2.68. The number of H-pyrrole nitrogens is 1. The predicted molar refractivity (Wildman–Crippen MR) is 232 cm³/mol. The fraction of sp³-hybridized carbons (Fsp3) is 0.378. The Labute approximate surface area is 358 Å². The number of carbonyl (C=O) groups excluding carboxylic acids is 1. The fourth-order valence-electron chi connectivity index (χ4n) is 10.4. The van der Waals surface area contributed by atoms with Crippen LogP contribution in [0.2, 0.25) is 5.02 Å². The van der Waals surface area contributed by atoms with Gasteiger partial charge in [-0.1, -0.05) is 35.4 Å². The summed E-state index contributed by atoms with van der Waals surface area (Å²) in [5.41, 5.74) is 4.28. The summed E-state index contributed by atoms with van der Waals surface area (Å²) in [5.74, 6) is 2.94. The largest absolute Gasteiger partial charge is 0.455 e. The zero-order chi connectivity index (χ0) is 41.8. The van der Waals surface area contributed by atoms with Crippen molar-refractivity contribution in [1.29, 1.82) is 0 Å². The minimum Gasteiger partial charge on any atom is -0.455 e. The van der Waals surface area contributed by atoms with Gasteiger partial charge in [0.15, 0.2) is 0 Å². The lowest BCUT2D eigenvalue weighted by atomic mass is 9.68. The third-order valence-corrected chi connectivity index (χ3v) is 15.1. The van der Waals surface area contributed by atoms with E-state index >= 15 is 0 Å². The smallest absolute Gasteiger partial charge is 0.293 e. The van der Waals surface area contributed by atoms with Crippen LogP contribution in [0.4, 0.5) is 17.1 Å². The number of rotatable bonds is 13. The van der Waals surface area contributed by atoms with Gasteiger partial charge in [-0.2, -0.15) is 0 Å². The van der Waals surface area contributed by atoms with Crippen molar-refractivity contribution in [1.82, 2.24) is 19.6 Å². The molecule has 2 saturated heterocycles. The van der Waals surface area contributed by atoms with E-state index in [4.69, 9.17) is 21.1 Å². The molecule has 4 aliphatic carbocycles. The van der Waals surface area contributed by atoms with Crippen molar-refractivity contribution >= 4 is 55.6 Å². The Morgan fingerprint density at radius 1 is 1.00 bits per heavy atom. The minimum absolute atomic E-state index is 0.0265. The number of nitrogens with one attached hydrogen (secondary N) is 3. The van der Waals surface area contributed by atoms with E-state index in [1.807, 2.05) is 18.2 Å². The highest BCUT2D eigenvalue weighted by Gasteiger charge is 2.61. The van der Waals surface area contributed by atoms with Crippen molar-refractivity contribution in [2.24, 2.45) is 29.6 Å². The van der Waals surface area contributed by atoms with E-state index in [-0.39, 0.29) is 22.9 Å². The molecule has 5 aromatic rings. The number of nitrogens with zero attached hydrogens (tertiary/aromatic N) is 4. The number of hydrogen-bond acceptors (Lipinski definition) is 11. The van der Waals surface area contributed by atoms with Gasteiger partial charge in [0.1, 0.15) is 22.8 Å². The third-order valence-electron chi connectivity index (χ3n) is 13.5. The molecular weight excluding hydrogens is 818 g/mol. The molecule has 1 unspecified atom stereocenters. The summed E-state index contributed by atoms with van der Waals surface area (Å²) in [6.07, 6.45) is 8.75. The van der Waals surface area contributed by atoms with Gasteiger partial charge in [-0.25, -0.2) is 18.1 Å². The first-order valence-electron chi connectivity index (χ1n) is 20.9. The molecule has 0 radical (unpaired) electrons. The van der Waals surface area contributed by atoms with Crippen molar-refractivity contribution in [2.45, 2.75) is 30.1 Å². The maximum Gasteiger partial charge on any atom is 0.293 e. The average Bonchev–Trinajstić information content (AvgIpc) is 4.04. The zero-order valence-corrected chi connectivity index (χ0v) is 34.9. The summed E-state index contributed by atoms with van der Waals surface area (Å²) in [4.78, 5) is 37.3. The first-order valence-corrected chi connectivity index (χ1v) is 22.8. The van der Waals surface area contributed by atoms with Crippen molar-refractivity contribution in [2.75, 3.05) is 62.7 Å². The van der Waals surface area contributed by atoms with Crippen LogP contribution >= 0.6 is 11.6 Å². The molecule has 0 spiro atoms. The van der Waals surface area contributed by atoms with Crippen molar-refractivity contribution < 1.29 is 27.6 Å².